The average molecular weight is 250 g/mol. The first-order chi connectivity index (χ1) is 7.52. The minimum atomic E-state index is -3.37. The number of rotatable bonds is 8. The molecule has 0 rings (SSSR count). The van der Waals surface area contributed by atoms with Gasteiger partial charge in [-0.25, -0.2) is 0 Å². The molecule has 0 heterocycles. The minimum absolute atomic E-state index is 0.249. The lowest BCUT2D eigenvalue weighted by atomic mass is 10.5. The van der Waals surface area contributed by atoms with E-state index in [-0.39, 0.29) is 19.1 Å². The smallest absolute Gasteiger partial charge is 0.354 e. The van der Waals surface area contributed by atoms with Crippen molar-refractivity contribution in [2.45, 2.75) is 27.7 Å². The zero-order valence-corrected chi connectivity index (χ0v) is 11.3. The molecule has 96 valence electrons. The maximum atomic E-state index is 12.0. The lowest BCUT2D eigenvalue weighted by Crippen LogP contribution is -2.29. The van der Waals surface area contributed by atoms with Gasteiger partial charge in [-0.2, -0.15) is 0 Å². The zero-order chi connectivity index (χ0) is 12.6. The molecule has 0 bridgehead atoms. The summed E-state index contributed by atoms with van der Waals surface area (Å²) < 4.78 is 22.0. The monoisotopic (exact) mass is 250 g/mol. The molecule has 0 atom stereocenters. The second-order valence-corrected chi connectivity index (χ2v) is 4.87. The molecule has 0 aliphatic heterocycles. The maximum Gasteiger partial charge on any atom is 0.354 e. The molecule has 0 radical (unpaired) electrons. The Morgan fingerprint density at radius 3 is 1.94 bits per heavy atom. The molecule has 0 aliphatic carbocycles. The average Bonchev–Trinajstić information content (AvgIpc) is 2.19. The van der Waals surface area contributed by atoms with Crippen molar-refractivity contribution in [3.63, 3.8) is 0 Å². The second-order valence-electron chi connectivity index (χ2n) is 3.02. The van der Waals surface area contributed by atoms with Crippen molar-refractivity contribution in [2.75, 3.05) is 26.3 Å². The highest BCUT2D eigenvalue weighted by atomic mass is 31.2. The van der Waals surface area contributed by atoms with Gasteiger partial charge in [-0.05, 0) is 33.6 Å². The molecule has 0 saturated carbocycles. The van der Waals surface area contributed by atoms with Crippen LogP contribution in [0, 0.1) is 0 Å². The highest BCUT2D eigenvalue weighted by molar-refractivity contribution is 7.57. The molecule has 0 spiro atoms. The molecule has 0 aromatic carbocycles. The van der Waals surface area contributed by atoms with E-state index in [0.717, 1.165) is 5.82 Å². The van der Waals surface area contributed by atoms with E-state index in [4.69, 9.17) is 9.05 Å². The van der Waals surface area contributed by atoms with Gasteiger partial charge < -0.3 is 19.1 Å². The van der Waals surface area contributed by atoms with Crippen molar-refractivity contribution in [1.29, 1.82) is 0 Å². The molecule has 16 heavy (non-hydrogen) atoms. The van der Waals surface area contributed by atoms with Gasteiger partial charge in [-0.15, -0.1) is 0 Å². The number of hydrogen-bond acceptors (Lipinski definition) is 5. The van der Waals surface area contributed by atoms with Crippen molar-refractivity contribution >= 4 is 7.60 Å². The summed E-state index contributed by atoms with van der Waals surface area (Å²) in [6.07, 6.45) is 0. The molecular weight excluding hydrogens is 229 g/mol. The fourth-order valence-corrected chi connectivity index (χ4v) is 2.60. The minimum Gasteiger partial charge on any atom is -0.860 e. The number of nitrogens with zero attached hydrogens (tertiary/aromatic N) is 1. The number of hydrogen-bond donors (Lipinski definition) is 0. The standard InChI is InChI=1S/C10H22NO4P/c1-5-11(6-2)10(12)9-16(13,14-7-3)15-8-4/h9,12H,5-8H2,1-4H3/p-1/b10-9-. The third-order valence-electron chi connectivity index (χ3n) is 1.96. The lowest BCUT2D eigenvalue weighted by Gasteiger charge is -2.29. The summed E-state index contributed by atoms with van der Waals surface area (Å²) in [4.78, 5) is 1.56. The quantitative estimate of drug-likeness (QED) is 0.485. The van der Waals surface area contributed by atoms with E-state index in [1.165, 1.54) is 0 Å². The molecule has 0 aliphatic rings. The van der Waals surface area contributed by atoms with E-state index < -0.39 is 7.60 Å². The Bertz CT molecular complexity index is 254. The van der Waals surface area contributed by atoms with Gasteiger partial charge in [0.05, 0.1) is 13.2 Å². The summed E-state index contributed by atoms with van der Waals surface area (Å²) in [7, 11) is -3.37. The molecular formula is C10H21NO4P-. The first-order valence-corrected chi connectivity index (χ1v) is 7.17. The van der Waals surface area contributed by atoms with Crippen molar-refractivity contribution in [3.8, 4) is 0 Å². The SMILES string of the molecule is CCOP(=O)(/C=C(\[O-])N(CC)CC)OCC. The molecule has 0 saturated heterocycles. The second kappa shape index (κ2) is 7.71. The highest BCUT2D eigenvalue weighted by Gasteiger charge is 2.20. The Kier molecular flexibility index (Phi) is 7.47. The third-order valence-corrected chi connectivity index (χ3v) is 3.74. The van der Waals surface area contributed by atoms with Crippen LogP contribution in [0.4, 0.5) is 0 Å². The first-order valence-electron chi connectivity index (χ1n) is 5.56. The van der Waals surface area contributed by atoms with Crippen LogP contribution < -0.4 is 5.11 Å². The Labute approximate surface area is 97.6 Å². The van der Waals surface area contributed by atoms with Crippen LogP contribution in [0.2, 0.25) is 0 Å². The Balaban J connectivity index is 4.82. The molecule has 0 fully saturated rings. The van der Waals surface area contributed by atoms with Gasteiger partial charge in [-0.3, -0.25) is 4.57 Å². The topological polar surface area (TPSA) is 61.8 Å². The van der Waals surface area contributed by atoms with Crippen LogP contribution in [0.1, 0.15) is 27.7 Å². The van der Waals surface area contributed by atoms with Crippen molar-refractivity contribution < 1.29 is 18.7 Å². The molecule has 0 amide bonds. The first kappa shape index (κ1) is 15.5. The summed E-state index contributed by atoms with van der Waals surface area (Å²) in [5.74, 6) is 0.753. The van der Waals surface area contributed by atoms with Gasteiger partial charge in [0.2, 0.25) is 0 Å². The van der Waals surface area contributed by atoms with Crippen molar-refractivity contribution in [3.05, 3.63) is 11.7 Å². The van der Waals surface area contributed by atoms with E-state index in [1.807, 2.05) is 13.8 Å². The van der Waals surface area contributed by atoms with E-state index in [9.17, 15) is 9.67 Å². The molecule has 0 N–H and O–H groups in total. The fourth-order valence-electron chi connectivity index (χ4n) is 1.22. The molecule has 5 nitrogen and oxygen atoms in total. The van der Waals surface area contributed by atoms with Gasteiger partial charge >= 0.3 is 7.60 Å². The van der Waals surface area contributed by atoms with Crippen molar-refractivity contribution in [1.82, 2.24) is 4.90 Å². The van der Waals surface area contributed by atoms with Gasteiger partial charge in [0.25, 0.3) is 0 Å². The van der Waals surface area contributed by atoms with E-state index in [1.54, 1.807) is 18.7 Å². The maximum absolute atomic E-state index is 12.0. The third kappa shape index (κ3) is 5.01. The van der Waals surface area contributed by atoms with Crippen LogP contribution >= 0.6 is 7.60 Å². The van der Waals surface area contributed by atoms with Crippen LogP contribution in [-0.2, 0) is 13.6 Å². The van der Waals surface area contributed by atoms with Crippen molar-refractivity contribution in [2.24, 2.45) is 0 Å². The van der Waals surface area contributed by atoms with Gasteiger partial charge in [0.15, 0.2) is 0 Å². The van der Waals surface area contributed by atoms with Gasteiger partial charge in [0, 0.05) is 18.9 Å². The predicted molar refractivity (Wildman–Crippen MR) is 61.9 cm³/mol. The summed E-state index contributed by atoms with van der Waals surface area (Å²) in [5.41, 5.74) is 0. The Hall–Kier alpha value is -0.510. The highest BCUT2D eigenvalue weighted by Crippen LogP contribution is 2.50. The van der Waals surface area contributed by atoms with Crippen LogP contribution in [0.15, 0.2) is 11.7 Å². The normalized spacial score (nSPS) is 12.9. The van der Waals surface area contributed by atoms with Gasteiger partial charge in [0.1, 0.15) is 0 Å². The molecule has 0 unspecified atom stereocenters. The molecule has 0 aromatic rings. The van der Waals surface area contributed by atoms with Crippen LogP contribution in [0.25, 0.3) is 0 Å². The fraction of sp³-hybridized carbons (Fsp3) is 0.800. The van der Waals surface area contributed by atoms with Crippen LogP contribution in [0.3, 0.4) is 0 Å². The lowest BCUT2D eigenvalue weighted by molar-refractivity contribution is -0.332. The summed E-state index contributed by atoms with van der Waals surface area (Å²) >= 11 is 0. The largest absolute Gasteiger partial charge is 0.860 e. The summed E-state index contributed by atoms with van der Waals surface area (Å²) in [5, 5.41) is 11.7. The Morgan fingerprint density at radius 2 is 1.62 bits per heavy atom. The van der Waals surface area contributed by atoms with Crippen LogP contribution in [-0.4, -0.2) is 31.2 Å². The molecule has 0 aromatic heterocycles. The zero-order valence-electron chi connectivity index (χ0n) is 10.4. The van der Waals surface area contributed by atoms with E-state index >= 15 is 0 Å². The van der Waals surface area contributed by atoms with E-state index in [2.05, 4.69) is 0 Å². The summed E-state index contributed by atoms with van der Waals surface area (Å²) in [6.45, 7) is 8.79. The Morgan fingerprint density at radius 1 is 1.19 bits per heavy atom. The van der Waals surface area contributed by atoms with Gasteiger partial charge in [-0.1, -0.05) is 0 Å². The molecule has 6 heteroatoms. The summed E-state index contributed by atoms with van der Waals surface area (Å²) in [6, 6.07) is 0. The predicted octanol–water partition coefficient (Wildman–Crippen LogP) is 1.75. The van der Waals surface area contributed by atoms with E-state index in [0.29, 0.717) is 13.1 Å². The van der Waals surface area contributed by atoms with Crippen LogP contribution in [0.5, 0.6) is 0 Å².